The average molecular weight is 250 g/mol. The van der Waals surface area contributed by atoms with Crippen LogP contribution in [0.3, 0.4) is 0 Å². The van der Waals surface area contributed by atoms with Crippen molar-refractivity contribution in [3.8, 4) is 0 Å². The van der Waals surface area contributed by atoms with Crippen LogP contribution in [0.4, 0.5) is 5.95 Å². The predicted octanol–water partition coefficient (Wildman–Crippen LogP) is 2.84. The van der Waals surface area contributed by atoms with Crippen molar-refractivity contribution in [2.75, 3.05) is 11.9 Å². The number of aryl methyl sites for hydroxylation is 1. The maximum atomic E-state index is 5.67. The zero-order valence-corrected chi connectivity index (χ0v) is 12.2. The Labute approximate surface area is 110 Å². The first-order chi connectivity index (χ1) is 8.40. The van der Waals surface area contributed by atoms with E-state index in [1.807, 2.05) is 13.0 Å². The Kier molecular flexibility index (Phi) is 5.08. The Morgan fingerprint density at radius 2 is 2.06 bits per heavy atom. The summed E-state index contributed by atoms with van der Waals surface area (Å²) in [6.07, 6.45) is 1.91. The Hall–Kier alpha value is -1.16. The molecule has 0 amide bonds. The Balaban J connectivity index is 2.96. The van der Waals surface area contributed by atoms with E-state index in [4.69, 9.17) is 5.73 Å². The summed E-state index contributed by atoms with van der Waals surface area (Å²) < 4.78 is 0. The lowest BCUT2D eigenvalue weighted by Gasteiger charge is -2.29. The van der Waals surface area contributed by atoms with Gasteiger partial charge in [-0.05, 0) is 45.2 Å². The van der Waals surface area contributed by atoms with E-state index in [1.54, 1.807) is 0 Å². The van der Waals surface area contributed by atoms with Crippen LogP contribution in [-0.2, 0) is 0 Å². The molecule has 0 saturated heterocycles. The molecule has 18 heavy (non-hydrogen) atoms. The fraction of sp³-hybridized carbons (Fsp3) is 0.714. The summed E-state index contributed by atoms with van der Waals surface area (Å²) in [6, 6.07) is 2.04. The molecule has 0 aliphatic rings. The van der Waals surface area contributed by atoms with Crippen molar-refractivity contribution in [1.29, 1.82) is 0 Å². The molecule has 1 rings (SSSR count). The quantitative estimate of drug-likeness (QED) is 0.815. The van der Waals surface area contributed by atoms with Gasteiger partial charge in [0.05, 0.1) is 0 Å². The fourth-order valence-electron chi connectivity index (χ4n) is 1.86. The zero-order chi connectivity index (χ0) is 13.8. The second-order valence-electron chi connectivity index (χ2n) is 5.49. The molecule has 0 aliphatic carbocycles. The lowest BCUT2D eigenvalue weighted by molar-refractivity contribution is 0.459. The monoisotopic (exact) mass is 250 g/mol. The van der Waals surface area contributed by atoms with E-state index >= 15 is 0 Å². The van der Waals surface area contributed by atoms with Crippen molar-refractivity contribution in [2.24, 2.45) is 5.73 Å². The van der Waals surface area contributed by atoms with Crippen molar-refractivity contribution in [2.45, 2.75) is 58.9 Å². The van der Waals surface area contributed by atoms with Gasteiger partial charge in [-0.15, -0.1) is 0 Å². The van der Waals surface area contributed by atoms with Gasteiger partial charge in [0.2, 0.25) is 5.95 Å². The van der Waals surface area contributed by atoms with Gasteiger partial charge in [0.25, 0.3) is 0 Å². The van der Waals surface area contributed by atoms with Crippen molar-refractivity contribution < 1.29 is 0 Å². The van der Waals surface area contributed by atoms with E-state index in [1.165, 1.54) is 0 Å². The number of hydrogen-bond donors (Lipinski definition) is 2. The zero-order valence-electron chi connectivity index (χ0n) is 12.2. The number of hydrogen-bond acceptors (Lipinski definition) is 4. The van der Waals surface area contributed by atoms with E-state index < -0.39 is 0 Å². The minimum Gasteiger partial charge on any atom is -0.349 e. The Morgan fingerprint density at radius 3 is 2.56 bits per heavy atom. The van der Waals surface area contributed by atoms with Crippen LogP contribution in [0.2, 0.25) is 0 Å². The molecular formula is C14H26N4. The number of nitrogens with one attached hydrogen (secondary N) is 1. The van der Waals surface area contributed by atoms with Gasteiger partial charge in [0.15, 0.2) is 0 Å². The van der Waals surface area contributed by atoms with Crippen LogP contribution in [0.1, 0.15) is 57.8 Å². The molecule has 0 aliphatic heterocycles. The van der Waals surface area contributed by atoms with Crippen LogP contribution in [0, 0.1) is 6.92 Å². The fourth-order valence-corrected chi connectivity index (χ4v) is 1.86. The maximum Gasteiger partial charge on any atom is 0.223 e. The van der Waals surface area contributed by atoms with Gasteiger partial charge in [-0.1, -0.05) is 20.8 Å². The van der Waals surface area contributed by atoms with Gasteiger partial charge in [-0.3, -0.25) is 0 Å². The summed E-state index contributed by atoms with van der Waals surface area (Å²) in [5.74, 6) is 1.13. The third-order valence-corrected chi connectivity index (χ3v) is 3.36. The lowest BCUT2D eigenvalue weighted by Crippen LogP contribution is -2.37. The molecule has 0 spiro atoms. The van der Waals surface area contributed by atoms with E-state index in [0.717, 1.165) is 30.2 Å². The molecule has 1 unspecified atom stereocenters. The normalized spacial score (nSPS) is 14.6. The third-order valence-electron chi connectivity index (χ3n) is 3.36. The standard InChI is InChI=1S/C14H26N4/c1-6-14(5,7-8-15)18-13-16-11(4)9-12(17-13)10(2)3/h9-10H,6-8,15H2,1-5H3,(H,16,17,18). The summed E-state index contributed by atoms with van der Waals surface area (Å²) in [6.45, 7) is 11.3. The highest BCUT2D eigenvalue weighted by atomic mass is 15.1. The van der Waals surface area contributed by atoms with Crippen LogP contribution in [0.5, 0.6) is 0 Å². The molecule has 0 fully saturated rings. The first-order valence-corrected chi connectivity index (χ1v) is 6.74. The molecule has 102 valence electrons. The van der Waals surface area contributed by atoms with Gasteiger partial charge in [-0.2, -0.15) is 0 Å². The van der Waals surface area contributed by atoms with Crippen molar-refractivity contribution in [1.82, 2.24) is 9.97 Å². The molecule has 1 atom stereocenters. The largest absolute Gasteiger partial charge is 0.349 e. The van der Waals surface area contributed by atoms with Gasteiger partial charge in [-0.25, -0.2) is 9.97 Å². The number of nitrogens with two attached hydrogens (primary N) is 1. The van der Waals surface area contributed by atoms with Gasteiger partial charge < -0.3 is 11.1 Å². The van der Waals surface area contributed by atoms with Crippen molar-refractivity contribution in [3.63, 3.8) is 0 Å². The summed E-state index contributed by atoms with van der Waals surface area (Å²) in [4.78, 5) is 9.05. The van der Waals surface area contributed by atoms with Gasteiger partial charge in [0, 0.05) is 16.9 Å². The summed E-state index contributed by atoms with van der Waals surface area (Å²) >= 11 is 0. The smallest absolute Gasteiger partial charge is 0.223 e. The van der Waals surface area contributed by atoms with E-state index in [-0.39, 0.29) is 5.54 Å². The highest BCUT2D eigenvalue weighted by Gasteiger charge is 2.22. The van der Waals surface area contributed by atoms with Crippen LogP contribution in [0.25, 0.3) is 0 Å². The molecule has 0 aromatic carbocycles. The first-order valence-electron chi connectivity index (χ1n) is 6.74. The maximum absolute atomic E-state index is 5.67. The molecule has 3 N–H and O–H groups in total. The minimum atomic E-state index is -0.0310. The van der Waals surface area contributed by atoms with Gasteiger partial charge in [0.1, 0.15) is 0 Å². The second kappa shape index (κ2) is 6.14. The highest BCUT2D eigenvalue weighted by molar-refractivity contribution is 5.32. The number of aromatic nitrogens is 2. The molecular weight excluding hydrogens is 224 g/mol. The number of anilines is 1. The molecule has 0 radical (unpaired) electrons. The van der Waals surface area contributed by atoms with Gasteiger partial charge >= 0.3 is 0 Å². The first kappa shape index (κ1) is 14.9. The number of nitrogens with zero attached hydrogens (tertiary/aromatic N) is 2. The van der Waals surface area contributed by atoms with Crippen molar-refractivity contribution >= 4 is 5.95 Å². The molecule has 4 heteroatoms. The van der Waals surface area contributed by atoms with Crippen molar-refractivity contribution in [3.05, 3.63) is 17.5 Å². The lowest BCUT2D eigenvalue weighted by atomic mass is 9.95. The Morgan fingerprint density at radius 1 is 1.39 bits per heavy atom. The summed E-state index contributed by atoms with van der Waals surface area (Å²) in [5.41, 5.74) is 7.72. The van der Waals surface area contributed by atoms with E-state index in [0.29, 0.717) is 12.5 Å². The predicted molar refractivity (Wildman–Crippen MR) is 76.8 cm³/mol. The van der Waals surface area contributed by atoms with E-state index in [2.05, 4.69) is 43.0 Å². The molecule has 0 saturated carbocycles. The highest BCUT2D eigenvalue weighted by Crippen LogP contribution is 2.21. The SMILES string of the molecule is CCC(C)(CCN)Nc1nc(C)cc(C(C)C)n1. The summed E-state index contributed by atoms with van der Waals surface area (Å²) in [5, 5.41) is 3.44. The Bertz CT molecular complexity index is 389. The van der Waals surface area contributed by atoms with Crippen LogP contribution in [0.15, 0.2) is 6.07 Å². The second-order valence-corrected chi connectivity index (χ2v) is 5.49. The van der Waals surface area contributed by atoms with Crippen LogP contribution in [-0.4, -0.2) is 22.1 Å². The topological polar surface area (TPSA) is 63.8 Å². The van der Waals surface area contributed by atoms with E-state index in [9.17, 15) is 0 Å². The molecule has 1 heterocycles. The van der Waals surface area contributed by atoms with Crippen LogP contribution < -0.4 is 11.1 Å². The minimum absolute atomic E-state index is 0.0310. The molecule has 1 aromatic rings. The molecule has 0 bridgehead atoms. The summed E-state index contributed by atoms with van der Waals surface area (Å²) in [7, 11) is 0. The number of rotatable bonds is 6. The molecule has 4 nitrogen and oxygen atoms in total. The third kappa shape index (κ3) is 3.95. The van der Waals surface area contributed by atoms with Crippen LogP contribution >= 0.6 is 0 Å². The average Bonchev–Trinajstić information content (AvgIpc) is 2.28. The molecule has 1 aromatic heterocycles.